The van der Waals surface area contributed by atoms with Gasteiger partial charge in [0.05, 0.1) is 30.9 Å². The Morgan fingerprint density at radius 1 is 0.943 bits per heavy atom. The lowest BCUT2D eigenvalue weighted by atomic mass is 10.1. The summed E-state index contributed by atoms with van der Waals surface area (Å²) >= 11 is 0. The summed E-state index contributed by atoms with van der Waals surface area (Å²) in [6.45, 7) is 0. The Bertz CT molecular complexity index is 1590. The van der Waals surface area contributed by atoms with Crippen LogP contribution in [0.3, 0.4) is 0 Å². The van der Waals surface area contributed by atoms with Crippen molar-refractivity contribution in [2.45, 2.75) is 0 Å². The van der Waals surface area contributed by atoms with Gasteiger partial charge in [0, 0.05) is 11.5 Å². The van der Waals surface area contributed by atoms with Gasteiger partial charge in [-0.2, -0.15) is 14.8 Å². The molecule has 0 fully saturated rings. The maximum atomic E-state index is 13.3. The number of para-hydroxylation sites is 1. The molecule has 3 aromatic carbocycles. The molecule has 0 aliphatic carbocycles. The average Bonchev–Trinajstić information content (AvgIpc) is 3.37. The van der Waals surface area contributed by atoms with Gasteiger partial charge in [0.2, 0.25) is 5.95 Å². The van der Waals surface area contributed by atoms with E-state index in [0.29, 0.717) is 39.3 Å². The van der Waals surface area contributed by atoms with Crippen molar-refractivity contribution in [3.8, 4) is 28.6 Å². The number of nitrogens with one attached hydrogen (secondary N) is 2. The van der Waals surface area contributed by atoms with Crippen molar-refractivity contribution in [1.82, 2.24) is 25.0 Å². The maximum absolute atomic E-state index is 13.3. The normalized spacial score (nSPS) is 10.8. The summed E-state index contributed by atoms with van der Waals surface area (Å²) < 4.78 is 11.9. The molecule has 2 heterocycles. The van der Waals surface area contributed by atoms with Gasteiger partial charge in [-0.05, 0) is 30.3 Å². The first-order valence-corrected chi connectivity index (χ1v) is 10.6. The van der Waals surface area contributed by atoms with Gasteiger partial charge in [-0.15, -0.1) is 5.10 Å². The molecule has 0 radical (unpaired) electrons. The molecule has 0 unspecified atom stereocenters. The molecular weight excluding hydrogens is 448 g/mol. The molecular formula is C25H20N6O4. The average molecular weight is 468 g/mol. The van der Waals surface area contributed by atoms with Crippen molar-refractivity contribution >= 4 is 22.6 Å². The van der Waals surface area contributed by atoms with Crippen LogP contribution in [0.1, 0.15) is 10.5 Å². The lowest BCUT2D eigenvalue weighted by Gasteiger charge is -2.10. The third-order valence-electron chi connectivity index (χ3n) is 5.40. The van der Waals surface area contributed by atoms with E-state index in [9.17, 15) is 9.59 Å². The van der Waals surface area contributed by atoms with Crippen LogP contribution in [-0.4, -0.2) is 45.1 Å². The number of hydrogen-bond acceptors (Lipinski definition) is 7. The zero-order chi connectivity index (χ0) is 24.4. The molecule has 5 rings (SSSR count). The number of anilines is 1. The third kappa shape index (κ3) is 4.08. The van der Waals surface area contributed by atoms with Crippen LogP contribution in [0.25, 0.3) is 27.8 Å². The lowest BCUT2D eigenvalue weighted by Crippen LogP contribution is -2.26. The van der Waals surface area contributed by atoms with E-state index in [1.807, 2.05) is 6.07 Å². The number of fused-ring (bicyclic) bond motifs is 1. The number of aromatic amines is 1. The molecule has 174 valence electrons. The number of ether oxygens (including phenoxy) is 2. The highest BCUT2D eigenvalue weighted by Crippen LogP contribution is 2.31. The lowest BCUT2D eigenvalue weighted by molar-refractivity contribution is 0.102. The van der Waals surface area contributed by atoms with Crippen molar-refractivity contribution in [3.63, 3.8) is 0 Å². The molecule has 2 aromatic heterocycles. The fourth-order valence-corrected chi connectivity index (χ4v) is 3.69. The first kappa shape index (κ1) is 21.8. The Hall–Kier alpha value is -4.99. The van der Waals surface area contributed by atoms with E-state index in [0.717, 1.165) is 0 Å². The molecule has 35 heavy (non-hydrogen) atoms. The molecule has 0 aliphatic rings. The summed E-state index contributed by atoms with van der Waals surface area (Å²) in [5, 5.41) is 14.7. The summed E-state index contributed by atoms with van der Waals surface area (Å²) in [5.41, 5.74) is 0.930. The molecule has 0 atom stereocenters. The Balaban J connectivity index is 1.51. The van der Waals surface area contributed by atoms with Crippen LogP contribution in [-0.2, 0) is 0 Å². The molecule has 10 nitrogen and oxygen atoms in total. The second-order valence-electron chi connectivity index (χ2n) is 7.47. The van der Waals surface area contributed by atoms with E-state index < -0.39 is 5.91 Å². The Morgan fingerprint density at radius 3 is 2.43 bits per heavy atom. The Labute approximate surface area is 199 Å². The number of carbonyl (C=O) groups excluding carboxylic acids is 1. The molecule has 0 spiro atoms. The van der Waals surface area contributed by atoms with Gasteiger partial charge in [0.1, 0.15) is 11.5 Å². The molecule has 0 aliphatic heterocycles. The van der Waals surface area contributed by atoms with Gasteiger partial charge in [-0.25, -0.2) is 0 Å². The number of nitrogens with zero attached hydrogens (tertiary/aromatic N) is 4. The van der Waals surface area contributed by atoms with Crippen molar-refractivity contribution in [2.24, 2.45) is 0 Å². The van der Waals surface area contributed by atoms with Crippen LogP contribution in [0.15, 0.2) is 77.6 Å². The van der Waals surface area contributed by atoms with Crippen LogP contribution in [0.5, 0.6) is 11.5 Å². The van der Waals surface area contributed by atoms with E-state index >= 15 is 0 Å². The Kier molecular flexibility index (Phi) is 5.68. The summed E-state index contributed by atoms with van der Waals surface area (Å²) in [4.78, 5) is 30.7. The number of aromatic nitrogens is 5. The second-order valence-corrected chi connectivity index (χ2v) is 7.47. The van der Waals surface area contributed by atoms with Crippen molar-refractivity contribution in [3.05, 3.63) is 88.8 Å². The third-order valence-corrected chi connectivity index (χ3v) is 5.40. The first-order chi connectivity index (χ1) is 17.1. The van der Waals surface area contributed by atoms with Gasteiger partial charge in [-0.3, -0.25) is 20.0 Å². The van der Waals surface area contributed by atoms with E-state index in [-0.39, 0.29) is 17.2 Å². The molecule has 10 heteroatoms. The number of amides is 1. The SMILES string of the molecule is COc1ccc(-c2nc(NC(=O)c3nn(-c4ccccc4)c(=O)c4ccccc34)n[nH]2)c(OC)c1. The Morgan fingerprint density at radius 2 is 1.69 bits per heavy atom. The molecule has 0 saturated carbocycles. The van der Waals surface area contributed by atoms with E-state index in [1.54, 1.807) is 73.8 Å². The fourth-order valence-electron chi connectivity index (χ4n) is 3.69. The van der Waals surface area contributed by atoms with E-state index in [1.165, 1.54) is 11.8 Å². The largest absolute Gasteiger partial charge is 0.497 e. The molecule has 5 aromatic rings. The number of methoxy groups -OCH3 is 2. The predicted octanol–water partition coefficient (Wildman–Crippen LogP) is 3.44. The van der Waals surface area contributed by atoms with Crippen LogP contribution in [0.2, 0.25) is 0 Å². The number of H-pyrrole nitrogens is 1. The van der Waals surface area contributed by atoms with Gasteiger partial charge < -0.3 is 9.47 Å². The van der Waals surface area contributed by atoms with Gasteiger partial charge in [-0.1, -0.05) is 36.4 Å². The number of rotatable bonds is 6. The summed E-state index contributed by atoms with van der Waals surface area (Å²) in [7, 11) is 3.10. The highest BCUT2D eigenvalue weighted by molar-refractivity contribution is 6.10. The van der Waals surface area contributed by atoms with Crippen molar-refractivity contribution in [1.29, 1.82) is 0 Å². The summed E-state index contributed by atoms with van der Waals surface area (Å²) in [5.74, 6) is 1.04. The summed E-state index contributed by atoms with van der Waals surface area (Å²) in [6, 6.07) is 21.0. The van der Waals surface area contributed by atoms with Crippen LogP contribution in [0.4, 0.5) is 5.95 Å². The van der Waals surface area contributed by atoms with Crippen LogP contribution < -0.4 is 20.3 Å². The first-order valence-electron chi connectivity index (χ1n) is 10.6. The fraction of sp³-hybridized carbons (Fsp3) is 0.0800. The zero-order valence-corrected chi connectivity index (χ0v) is 18.9. The molecule has 1 amide bonds. The van der Waals surface area contributed by atoms with E-state index in [4.69, 9.17) is 9.47 Å². The highest BCUT2D eigenvalue weighted by Gasteiger charge is 2.20. The zero-order valence-electron chi connectivity index (χ0n) is 18.9. The number of hydrogen-bond donors (Lipinski definition) is 2. The van der Waals surface area contributed by atoms with Gasteiger partial charge in [0.15, 0.2) is 11.5 Å². The minimum atomic E-state index is -0.557. The van der Waals surface area contributed by atoms with Crippen molar-refractivity contribution in [2.75, 3.05) is 19.5 Å². The minimum absolute atomic E-state index is 0.0474. The topological polar surface area (TPSA) is 124 Å². The molecule has 0 saturated heterocycles. The summed E-state index contributed by atoms with van der Waals surface area (Å²) in [6.07, 6.45) is 0. The van der Waals surface area contributed by atoms with Crippen LogP contribution in [0, 0.1) is 0 Å². The molecule has 2 N–H and O–H groups in total. The monoisotopic (exact) mass is 468 g/mol. The van der Waals surface area contributed by atoms with Crippen molar-refractivity contribution < 1.29 is 14.3 Å². The van der Waals surface area contributed by atoms with E-state index in [2.05, 4.69) is 25.6 Å². The quantitative estimate of drug-likeness (QED) is 0.391. The smallest absolute Gasteiger partial charge is 0.279 e. The maximum Gasteiger partial charge on any atom is 0.279 e. The number of benzene rings is 3. The minimum Gasteiger partial charge on any atom is -0.497 e. The predicted molar refractivity (Wildman–Crippen MR) is 130 cm³/mol. The number of carbonyl (C=O) groups is 1. The van der Waals surface area contributed by atoms with Gasteiger partial charge >= 0.3 is 0 Å². The van der Waals surface area contributed by atoms with Gasteiger partial charge in [0.25, 0.3) is 11.5 Å². The van der Waals surface area contributed by atoms with Crippen LogP contribution >= 0.6 is 0 Å². The standard InChI is InChI=1S/C25H20N6O4/c1-34-16-12-13-19(20(14-16)35-2)22-26-25(29-28-22)27-23(32)21-17-10-6-7-11-18(17)24(33)31(30-21)15-8-4-3-5-9-15/h3-14H,1-2H3,(H2,26,27,28,29,32). The molecule has 0 bridgehead atoms. The highest BCUT2D eigenvalue weighted by atomic mass is 16.5. The second kappa shape index (κ2) is 9.10.